The van der Waals surface area contributed by atoms with Crippen LogP contribution in [-0.2, 0) is 0 Å². The van der Waals surface area contributed by atoms with Crippen molar-refractivity contribution in [2.45, 2.75) is 18.1 Å². The van der Waals surface area contributed by atoms with Gasteiger partial charge in [-0.2, -0.15) is 0 Å². The van der Waals surface area contributed by atoms with Crippen LogP contribution in [0.15, 0.2) is 66.3 Å². The molecule has 5 nitrogen and oxygen atoms in total. The van der Waals surface area contributed by atoms with Crippen molar-refractivity contribution in [1.29, 1.82) is 0 Å². The van der Waals surface area contributed by atoms with Crippen molar-refractivity contribution in [3.05, 3.63) is 72.3 Å². The fourth-order valence-electron chi connectivity index (χ4n) is 2.43. The SMILES string of the molecule is CSc1nccn1-c1cccc(C(=O)N[C@H](C)c2cccnc2)c1. The summed E-state index contributed by atoms with van der Waals surface area (Å²) in [6.45, 7) is 1.94. The van der Waals surface area contributed by atoms with Gasteiger partial charge in [-0.25, -0.2) is 4.98 Å². The molecule has 0 aliphatic carbocycles. The van der Waals surface area contributed by atoms with E-state index in [0.29, 0.717) is 5.56 Å². The van der Waals surface area contributed by atoms with Gasteiger partial charge < -0.3 is 5.32 Å². The van der Waals surface area contributed by atoms with Gasteiger partial charge >= 0.3 is 0 Å². The Morgan fingerprint density at radius 1 is 1.25 bits per heavy atom. The Labute approximate surface area is 145 Å². The van der Waals surface area contributed by atoms with E-state index in [1.807, 2.05) is 60.3 Å². The number of aromatic nitrogens is 3. The van der Waals surface area contributed by atoms with E-state index >= 15 is 0 Å². The second-order valence-corrected chi connectivity index (χ2v) is 6.09. The van der Waals surface area contributed by atoms with Crippen LogP contribution in [0.2, 0.25) is 0 Å². The third-order valence-corrected chi connectivity index (χ3v) is 4.38. The molecule has 122 valence electrons. The molecule has 2 aromatic heterocycles. The summed E-state index contributed by atoms with van der Waals surface area (Å²) in [6, 6.07) is 11.2. The predicted molar refractivity (Wildman–Crippen MR) is 95.5 cm³/mol. The molecule has 3 aromatic rings. The van der Waals surface area contributed by atoms with Gasteiger partial charge in [0.2, 0.25) is 0 Å². The van der Waals surface area contributed by atoms with Gasteiger partial charge in [0.15, 0.2) is 5.16 Å². The lowest BCUT2D eigenvalue weighted by Gasteiger charge is -2.14. The molecule has 0 saturated carbocycles. The number of benzene rings is 1. The highest BCUT2D eigenvalue weighted by Gasteiger charge is 2.13. The number of nitrogens with one attached hydrogen (secondary N) is 1. The Kier molecular flexibility index (Phi) is 4.96. The number of imidazole rings is 1. The molecule has 3 rings (SSSR count). The molecule has 0 bridgehead atoms. The predicted octanol–water partition coefficient (Wildman–Crippen LogP) is 3.48. The molecule has 0 unspecified atom stereocenters. The fourth-order valence-corrected chi connectivity index (χ4v) is 2.96. The average Bonchev–Trinajstić information content (AvgIpc) is 3.11. The minimum absolute atomic E-state index is 0.107. The van der Waals surface area contributed by atoms with Crippen LogP contribution in [0.25, 0.3) is 5.69 Å². The van der Waals surface area contributed by atoms with Gasteiger partial charge in [-0.3, -0.25) is 14.3 Å². The first-order valence-electron chi connectivity index (χ1n) is 7.57. The Morgan fingerprint density at radius 2 is 2.12 bits per heavy atom. The fraction of sp³-hybridized carbons (Fsp3) is 0.167. The summed E-state index contributed by atoms with van der Waals surface area (Å²) in [7, 11) is 0. The maximum absolute atomic E-state index is 12.5. The summed E-state index contributed by atoms with van der Waals surface area (Å²) in [5.41, 5.74) is 2.50. The molecule has 1 amide bonds. The van der Waals surface area contributed by atoms with Gasteiger partial charge in [-0.05, 0) is 43.0 Å². The van der Waals surface area contributed by atoms with Gasteiger partial charge in [-0.15, -0.1) is 0 Å². The van der Waals surface area contributed by atoms with Crippen molar-refractivity contribution in [3.8, 4) is 5.69 Å². The molecule has 0 radical (unpaired) electrons. The van der Waals surface area contributed by atoms with Crippen molar-refractivity contribution in [2.75, 3.05) is 6.26 Å². The Bertz CT molecular complexity index is 832. The molecule has 1 aromatic carbocycles. The summed E-state index contributed by atoms with van der Waals surface area (Å²) in [5, 5.41) is 3.89. The highest BCUT2D eigenvalue weighted by atomic mass is 32.2. The van der Waals surface area contributed by atoms with Crippen molar-refractivity contribution >= 4 is 17.7 Å². The molecular formula is C18H18N4OS. The number of carbonyl (C=O) groups is 1. The van der Waals surface area contributed by atoms with E-state index in [9.17, 15) is 4.79 Å². The van der Waals surface area contributed by atoms with Crippen LogP contribution in [0.4, 0.5) is 0 Å². The van der Waals surface area contributed by atoms with Crippen molar-refractivity contribution in [3.63, 3.8) is 0 Å². The topological polar surface area (TPSA) is 59.8 Å². The van der Waals surface area contributed by atoms with Crippen LogP contribution >= 0.6 is 11.8 Å². The first-order valence-corrected chi connectivity index (χ1v) is 8.80. The minimum atomic E-state index is -0.112. The smallest absolute Gasteiger partial charge is 0.251 e. The molecule has 0 aliphatic rings. The molecule has 24 heavy (non-hydrogen) atoms. The highest BCUT2D eigenvalue weighted by Crippen LogP contribution is 2.19. The van der Waals surface area contributed by atoms with Crippen LogP contribution < -0.4 is 5.32 Å². The van der Waals surface area contributed by atoms with Crippen LogP contribution in [0.5, 0.6) is 0 Å². The second kappa shape index (κ2) is 7.31. The van der Waals surface area contributed by atoms with E-state index < -0.39 is 0 Å². The lowest BCUT2D eigenvalue weighted by atomic mass is 10.1. The average molecular weight is 338 g/mol. The second-order valence-electron chi connectivity index (χ2n) is 5.32. The van der Waals surface area contributed by atoms with Crippen LogP contribution in [0, 0.1) is 0 Å². The first-order chi connectivity index (χ1) is 11.7. The maximum Gasteiger partial charge on any atom is 0.251 e. The van der Waals surface area contributed by atoms with E-state index in [1.54, 1.807) is 30.4 Å². The molecule has 1 atom stereocenters. The first kappa shape index (κ1) is 16.3. The van der Waals surface area contributed by atoms with E-state index in [-0.39, 0.29) is 11.9 Å². The molecular weight excluding hydrogens is 320 g/mol. The lowest BCUT2D eigenvalue weighted by Crippen LogP contribution is -2.26. The molecule has 0 fully saturated rings. The van der Waals surface area contributed by atoms with Gasteiger partial charge in [0, 0.05) is 36.0 Å². The maximum atomic E-state index is 12.5. The van der Waals surface area contributed by atoms with Crippen LogP contribution in [0.3, 0.4) is 0 Å². The molecule has 6 heteroatoms. The van der Waals surface area contributed by atoms with E-state index in [1.165, 1.54) is 0 Å². The van der Waals surface area contributed by atoms with Gasteiger partial charge in [0.05, 0.1) is 6.04 Å². The third kappa shape index (κ3) is 3.49. The minimum Gasteiger partial charge on any atom is -0.345 e. The number of pyridine rings is 1. The van der Waals surface area contributed by atoms with Crippen LogP contribution in [0.1, 0.15) is 28.9 Å². The molecule has 0 spiro atoms. The number of thioether (sulfide) groups is 1. The summed E-state index contributed by atoms with van der Waals surface area (Å²) < 4.78 is 1.96. The normalized spacial score (nSPS) is 11.9. The van der Waals surface area contributed by atoms with Gasteiger partial charge in [-0.1, -0.05) is 23.9 Å². The summed E-state index contributed by atoms with van der Waals surface area (Å²) in [6.07, 6.45) is 9.10. The Hall–Kier alpha value is -2.60. The lowest BCUT2D eigenvalue weighted by molar-refractivity contribution is 0.0940. The Balaban J connectivity index is 1.80. The molecule has 1 N–H and O–H groups in total. The van der Waals surface area contributed by atoms with Gasteiger partial charge in [0.1, 0.15) is 0 Å². The third-order valence-electron chi connectivity index (χ3n) is 3.71. The number of nitrogens with zero attached hydrogens (tertiary/aromatic N) is 3. The summed E-state index contributed by atoms with van der Waals surface area (Å²) in [5.74, 6) is -0.112. The molecule has 0 aliphatic heterocycles. The zero-order chi connectivity index (χ0) is 16.9. The van der Waals surface area contributed by atoms with Crippen molar-refractivity contribution < 1.29 is 4.79 Å². The number of hydrogen-bond acceptors (Lipinski definition) is 4. The number of carbonyl (C=O) groups excluding carboxylic acids is 1. The zero-order valence-corrected chi connectivity index (χ0v) is 14.3. The summed E-state index contributed by atoms with van der Waals surface area (Å²) >= 11 is 1.56. The quantitative estimate of drug-likeness (QED) is 0.724. The van der Waals surface area contributed by atoms with Crippen LogP contribution in [-0.4, -0.2) is 26.7 Å². The van der Waals surface area contributed by atoms with E-state index in [2.05, 4.69) is 15.3 Å². The summed E-state index contributed by atoms with van der Waals surface area (Å²) in [4.78, 5) is 20.9. The largest absolute Gasteiger partial charge is 0.345 e. The Morgan fingerprint density at radius 3 is 2.88 bits per heavy atom. The monoisotopic (exact) mass is 338 g/mol. The molecule has 0 saturated heterocycles. The molecule has 2 heterocycles. The number of hydrogen-bond donors (Lipinski definition) is 1. The number of rotatable bonds is 5. The van der Waals surface area contributed by atoms with Crippen molar-refractivity contribution in [2.24, 2.45) is 0 Å². The van der Waals surface area contributed by atoms with Crippen molar-refractivity contribution in [1.82, 2.24) is 19.9 Å². The number of amides is 1. The van der Waals surface area contributed by atoms with E-state index in [4.69, 9.17) is 0 Å². The highest BCUT2D eigenvalue weighted by molar-refractivity contribution is 7.98. The van der Waals surface area contributed by atoms with E-state index in [0.717, 1.165) is 16.4 Å². The van der Waals surface area contributed by atoms with Gasteiger partial charge in [0.25, 0.3) is 5.91 Å². The standard InChI is InChI=1S/C18H18N4OS/c1-13(15-6-4-8-19-12-15)21-17(23)14-5-3-7-16(11-14)22-10-9-20-18(22)24-2/h3-13H,1-2H3,(H,21,23)/t13-/m1/s1. The zero-order valence-electron chi connectivity index (χ0n) is 13.5.